The molecular formula is C27H27N3O4. The third kappa shape index (κ3) is 2.31. The van der Waals surface area contributed by atoms with Crippen LogP contribution in [0.4, 0.5) is 5.69 Å². The Morgan fingerprint density at radius 1 is 1.12 bits per heavy atom. The molecule has 3 aliphatic heterocycles. The number of hydrogen-bond acceptors (Lipinski definition) is 6. The van der Waals surface area contributed by atoms with Crippen molar-refractivity contribution < 1.29 is 13.9 Å². The third-order valence-corrected chi connectivity index (χ3v) is 8.31. The topological polar surface area (TPSA) is 110 Å². The molecule has 2 aromatic rings. The zero-order chi connectivity index (χ0) is 24.0. The van der Waals surface area contributed by atoms with Gasteiger partial charge in [-0.15, -0.1) is 0 Å². The number of hydrogen-bond donors (Lipinski definition) is 1. The van der Waals surface area contributed by atoms with Crippen molar-refractivity contribution >= 4 is 11.6 Å². The molecule has 2 spiro atoms. The molecule has 1 saturated carbocycles. The molecule has 1 amide bonds. The molecule has 7 heteroatoms. The molecule has 2 N–H and O–H groups in total. The van der Waals surface area contributed by atoms with Crippen LogP contribution in [0.5, 0.6) is 5.75 Å². The van der Waals surface area contributed by atoms with E-state index in [0.29, 0.717) is 11.3 Å². The molecule has 0 saturated heterocycles. The quantitative estimate of drug-likeness (QED) is 0.639. The predicted octanol–water partition coefficient (Wildman–Crippen LogP) is 4.05. The zero-order valence-corrected chi connectivity index (χ0v) is 19.7. The molecule has 0 unspecified atom stereocenters. The number of para-hydroxylation sites is 1. The highest BCUT2D eigenvalue weighted by Gasteiger charge is 2.66. The highest BCUT2D eigenvalue weighted by Crippen LogP contribution is 2.63. The lowest BCUT2D eigenvalue weighted by Gasteiger charge is -2.53. The van der Waals surface area contributed by atoms with E-state index in [0.717, 1.165) is 49.8 Å². The molecular weight excluding hydrogens is 430 g/mol. The van der Waals surface area contributed by atoms with Crippen molar-refractivity contribution in [2.45, 2.75) is 75.7 Å². The van der Waals surface area contributed by atoms with Crippen molar-refractivity contribution in [3.05, 3.63) is 68.6 Å². The lowest BCUT2D eigenvalue weighted by molar-refractivity contribution is -0.122. The number of nitriles is 1. The summed E-state index contributed by atoms with van der Waals surface area (Å²) in [5, 5.41) is 10.3. The van der Waals surface area contributed by atoms with Crippen LogP contribution in [0.3, 0.4) is 0 Å². The summed E-state index contributed by atoms with van der Waals surface area (Å²) in [6.45, 7) is 6.08. The summed E-state index contributed by atoms with van der Waals surface area (Å²) in [5.41, 5.74) is 5.83. The number of amides is 1. The van der Waals surface area contributed by atoms with Gasteiger partial charge in [-0.05, 0) is 37.2 Å². The molecule has 4 aliphatic rings. The Kier molecular flexibility index (Phi) is 4.04. The molecule has 1 aromatic heterocycles. The van der Waals surface area contributed by atoms with Crippen LogP contribution in [0.25, 0.3) is 0 Å². The van der Waals surface area contributed by atoms with E-state index in [1.165, 1.54) is 0 Å². The van der Waals surface area contributed by atoms with Gasteiger partial charge < -0.3 is 19.8 Å². The maximum Gasteiger partial charge on any atom is 0.344 e. The first-order chi connectivity index (χ1) is 16.2. The number of nitrogens with two attached hydrogens (primary N) is 1. The Labute approximate surface area is 197 Å². The van der Waals surface area contributed by atoms with E-state index in [1.807, 2.05) is 17.0 Å². The van der Waals surface area contributed by atoms with Crippen molar-refractivity contribution in [1.29, 1.82) is 5.26 Å². The number of carbonyl (C=O) groups excluding carboxylic acids is 1. The fourth-order valence-electron chi connectivity index (χ4n) is 7.18. The number of fused-ring (bicyclic) bond motifs is 4. The second-order valence-corrected chi connectivity index (χ2v) is 10.8. The molecule has 1 aliphatic carbocycles. The molecule has 7 nitrogen and oxygen atoms in total. The van der Waals surface area contributed by atoms with Gasteiger partial charge >= 0.3 is 5.63 Å². The minimum atomic E-state index is -1.68. The van der Waals surface area contributed by atoms with Crippen molar-refractivity contribution in [2.75, 3.05) is 4.90 Å². The maximum atomic E-state index is 14.8. The Morgan fingerprint density at radius 2 is 1.82 bits per heavy atom. The molecule has 1 atom stereocenters. The van der Waals surface area contributed by atoms with Crippen LogP contribution in [0.2, 0.25) is 0 Å². The molecule has 4 heterocycles. The van der Waals surface area contributed by atoms with Gasteiger partial charge in [0.1, 0.15) is 28.7 Å². The first-order valence-electron chi connectivity index (χ1n) is 11.9. The van der Waals surface area contributed by atoms with Crippen LogP contribution >= 0.6 is 0 Å². The lowest BCUT2D eigenvalue weighted by Crippen LogP contribution is -2.60. The first kappa shape index (κ1) is 21.0. The minimum Gasteiger partial charge on any atom is -0.440 e. The summed E-state index contributed by atoms with van der Waals surface area (Å²) < 4.78 is 11.2. The summed E-state index contributed by atoms with van der Waals surface area (Å²) in [7, 11) is 0. The Balaban J connectivity index is 1.78. The van der Waals surface area contributed by atoms with E-state index in [1.54, 1.807) is 13.0 Å². The summed E-state index contributed by atoms with van der Waals surface area (Å²) in [5.74, 6) is 0.0703. The van der Waals surface area contributed by atoms with E-state index in [-0.39, 0.29) is 39.6 Å². The fourth-order valence-corrected chi connectivity index (χ4v) is 7.18. The number of anilines is 1. The molecule has 34 heavy (non-hydrogen) atoms. The summed E-state index contributed by atoms with van der Waals surface area (Å²) in [6.07, 6.45) is 5.81. The van der Waals surface area contributed by atoms with E-state index in [9.17, 15) is 14.9 Å². The molecule has 0 bridgehead atoms. The van der Waals surface area contributed by atoms with Crippen molar-refractivity contribution in [3.8, 4) is 11.8 Å². The van der Waals surface area contributed by atoms with Crippen LogP contribution in [0.1, 0.15) is 74.8 Å². The van der Waals surface area contributed by atoms with Crippen LogP contribution in [0, 0.1) is 18.3 Å². The maximum absolute atomic E-state index is 14.8. The largest absolute Gasteiger partial charge is 0.440 e. The monoisotopic (exact) mass is 457 g/mol. The standard InChI is InChI=1S/C27H27N3O4/c1-15-12-19-20(23(31)33-15)27(18(13-28)22(29)34-19)17-9-7-8-16-21(17)30(24(27)32)26(14-25(16,2)3)10-5-4-6-11-26/h7-9,12H,4-6,10-11,14,29H2,1-3H3/t27-/m1/s1. The van der Waals surface area contributed by atoms with E-state index in [4.69, 9.17) is 14.9 Å². The van der Waals surface area contributed by atoms with Crippen LogP contribution in [-0.4, -0.2) is 11.4 Å². The van der Waals surface area contributed by atoms with E-state index in [2.05, 4.69) is 26.0 Å². The Bertz CT molecular complexity index is 1400. The van der Waals surface area contributed by atoms with Gasteiger partial charge in [-0.2, -0.15) is 5.26 Å². The zero-order valence-electron chi connectivity index (χ0n) is 19.7. The average molecular weight is 458 g/mol. The second kappa shape index (κ2) is 6.53. The second-order valence-electron chi connectivity index (χ2n) is 10.8. The van der Waals surface area contributed by atoms with Crippen LogP contribution in [-0.2, 0) is 15.6 Å². The first-order valence-corrected chi connectivity index (χ1v) is 11.9. The molecule has 1 fully saturated rings. The number of benzene rings is 1. The normalized spacial score (nSPS) is 25.7. The SMILES string of the molecule is Cc1cc2c(c(=O)o1)[C@]1(C(=O)N3c4c(cccc41)C(C)(C)CC31CCCCC1)C(C#N)=C(N)O2. The molecule has 174 valence electrons. The van der Waals surface area contributed by atoms with E-state index >= 15 is 0 Å². The third-order valence-electron chi connectivity index (χ3n) is 8.31. The summed E-state index contributed by atoms with van der Waals surface area (Å²) in [4.78, 5) is 30.1. The van der Waals surface area contributed by atoms with Crippen molar-refractivity contribution in [3.63, 3.8) is 0 Å². The van der Waals surface area contributed by atoms with Gasteiger partial charge in [0.05, 0.1) is 5.69 Å². The van der Waals surface area contributed by atoms with Gasteiger partial charge in [-0.1, -0.05) is 51.3 Å². The summed E-state index contributed by atoms with van der Waals surface area (Å²) in [6, 6.07) is 9.53. The highest BCUT2D eigenvalue weighted by molar-refractivity contribution is 6.16. The number of carbonyl (C=O) groups is 1. The van der Waals surface area contributed by atoms with Crippen molar-refractivity contribution in [1.82, 2.24) is 0 Å². The van der Waals surface area contributed by atoms with Gasteiger partial charge in [-0.3, -0.25) is 4.79 Å². The number of aryl methyl sites for hydroxylation is 1. The summed E-state index contributed by atoms with van der Waals surface area (Å²) >= 11 is 0. The predicted molar refractivity (Wildman–Crippen MR) is 125 cm³/mol. The minimum absolute atomic E-state index is 0.0421. The molecule has 6 rings (SSSR count). The van der Waals surface area contributed by atoms with Gasteiger partial charge in [0.25, 0.3) is 0 Å². The molecule has 1 aromatic carbocycles. The fraction of sp³-hybridized carbons (Fsp3) is 0.444. The van der Waals surface area contributed by atoms with E-state index < -0.39 is 11.0 Å². The van der Waals surface area contributed by atoms with Crippen LogP contribution in [0.15, 0.2) is 44.9 Å². The van der Waals surface area contributed by atoms with Gasteiger partial charge in [-0.25, -0.2) is 4.79 Å². The van der Waals surface area contributed by atoms with Gasteiger partial charge in [0, 0.05) is 17.2 Å². The van der Waals surface area contributed by atoms with Gasteiger partial charge in [0.2, 0.25) is 11.8 Å². The highest BCUT2D eigenvalue weighted by atomic mass is 16.5. The number of nitrogens with zero attached hydrogens (tertiary/aromatic N) is 2. The lowest BCUT2D eigenvalue weighted by atomic mass is 9.64. The number of ether oxygens (including phenoxy) is 1. The van der Waals surface area contributed by atoms with Crippen LogP contribution < -0.4 is 21.0 Å². The Hall–Kier alpha value is -3.53. The van der Waals surface area contributed by atoms with Gasteiger partial charge in [0.15, 0.2) is 5.41 Å². The Morgan fingerprint density at radius 3 is 2.53 bits per heavy atom. The van der Waals surface area contributed by atoms with Crippen molar-refractivity contribution in [2.24, 2.45) is 5.73 Å². The average Bonchev–Trinajstić information content (AvgIpc) is 3.02. The number of rotatable bonds is 0. The smallest absolute Gasteiger partial charge is 0.344 e. The molecule has 0 radical (unpaired) electrons.